The van der Waals surface area contributed by atoms with Crippen LogP contribution in [0.2, 0.25) is 0 Å². The van der Waals surface area contributed by atoms with Gasteiger partial charge in [0.25, 0.3) is 0 Å². The largest absolute Gasteiger partial charge is 0.467 e. The fourth-order valence-electron chi connectivity index (χ4n) is 3.77. The predicted octanol–water partition coefficient (Wildman–Crippen LogP) is 3.11. The van der Waals surface area contributed by atoms with E-state index in [1.807, 2.05) is 15.9 Å². The third-order valence-corrected chi connectivity index (χ3v) is 5.36. The second kappa shape index (κ2) is 10.3. The van der Waals surface area contributed by atoms with Crippen molar-refractivity contribution >= 4 is 11.8 Å². The van der Waals surface area contributed by atoms with Crippen LogP contribution in [0.5, 0.6) is 0 Å². The van der Waals surface area contributed by atoms with Crippen LogP contribution in [0.1, 0.15) is 43.1 Å². The normalized spacial score (nSPS) is 16.7. The molecule has 0 bridgehead atoms. The summed E-state index contributed by atoms with van der Waals surface area (Å²) in [5, 5.41) is 2.93. The quantitative estimate of drug-likeness (QED) is 0.706. The maximum Gasteiger partial charge on any atom is 0.237 e. The van der Waals surface area contributed by atoms with Crippen LogP contribution in [-0.4, -0.2) is 47.3 Å². The first-order valence-electron chi connectivity index (χ1n) is 10.4. The number of hydrogen-bond acceptors (Lipinski definition) is 4. The van der Waals surface area contributed by atoms with Crippen molar-refractivity contribution in [3.8, 4) is 0 Å². The first kappa shape index (κ1) is 21.1. The van der Waals surface area contributed by atoms with E-state index in [1.54, 1.807) is 12.3 Å². The molecule has 6 heteroatoms. The lowest BCUT2D eigenvalue weighted by Crippen LogP contribution is -2.47. The Hall–Kier alpha value is -2.60. The standard InChI is InChI=1S/C23H31N3O3/c1-3-12-26(16-19-10-8-18(2)9-11-19)22(27)17-25-13-4-7-21(25)23(28)24-15-20-6-5-14-29-20/h5-6,8-11,14,21H,3-4,7,12-13,15-17H2,1-2H3,(H,24,28). The van der Waals surface area contributed by atoms with Gasteiger partial charge in [-0.1, -0.05) is 36.8 Å². The van der Waals surface area contributed by atoms with E-state index in [2.05, 4.69) is 43.4 Å². The number of nitrogens with one attached hydrogen (secondary N) is 1. The van der Waals surface area contributed by atoms with Crippen molar-refractivity contribution in [1.29, 1.82) is 0 Å². The molecule has 2 heterocycles. The van der Waals surface area contributed by atoms with Crippen LogP contribution in [0.3, 0.4) is 0 Å². The fourth-order valence-corrected chi connectivity index (χ4v) is 3.77. The highest BCUT2D eigenvalue weighted by Gasteiger charge is 2.32. The molecule has 3 rings (SSSR count). The second-order valence-electron chi connectivity index (χ2n) is 7.73. The molecule has 1 unspecified atom stereocenters. The lowest BCUT2D eigenvalue weighted by molar-refractivity contribution is -0.134. The Morgan fingerprint density at radius 2 is 2.03 bits per heavy atom. The van der Waals surface area contributed by atoms with Gasteiger partial charge in [0, 0.05) is 13.1 Å². The van der Waals surface area contributed by atoms with Gasteiger partial charge in [-0.05, 0) is 50.4 Å². The monoisotopic (exact) mass is 397 g/mol. The van der Waals surface area contributed by atoms with Crippen molar-refractivity contribution in [3.05, 3.63) is 59.5 Å². The van der Waals surface area contributed by atoms with Gasteiger partial charge in [-0.25, -0.2) is 0 Å². The molecule has 1 fully saturated rings. The molecule has 29 heavy (non-hydrogen) atoms. The predicted molar refractivity (Wildman–Crippen MR) is 112 cm³/mol. The van der Waals surface area contributed by atoms with E-state index in [-0.39, 0.29) is 24.4 Å². The molecule has 6 nitrogen and oxygen atoms in total. The van der Waals surface area contributed by atoms with Gasteiger partial charge in [-0.15, -0.1) is 0 Å². The van der Waals surface area contributed by atoms with Crippen LogP contribution in [0.25, 0.3) is 0 Å². The zero-order valence-electron chi connectivity index (χ0n) is 17.4. The third kappa shape index (κ3) is 5.94. The molecule has 1 aromatic heterocycles. The maximum absolute atomic E-state index is 13.0. The van der Waals surface area contributed by atoms with Gasteiger partial charge in [0.05, 0.1) is 25.4 Å². The van der Waals surface area contributed by atoms with Crippen LogP contribution in [0, 0.1) is 6.92 Å². The van der Waals surface area contributed by atoms with Gasteiger partial charge in [-0.3, -0.25) is 14.5 Å². The first-order valence-corrected chi connectivity index (χ1v) is 10.4. The van der Waals surface area contributed by atoms with E-state index in [4.69, 9.17) is 4.42 Å². The van der Waals surface area contributed by atoms with Crippen LogP contribution in [-0.2, 0) is 22.7 Å². The van der Waals surface area contributed by atoms with E-state index < -0.39 is 0 Å². The summed E-state index contributed by atoms with van der Waals surface area (Å²) in [6, 6.07) is 11.7. The Kier molecular flexibility index (Phi) is 7.47. The average molecular weight is 398 g/mol. The summed E-state index contributed by atoms with van der Waals surface area (Å²) in [7, 11) is 0. The highest BCUT2D eigenvalue weighted by atomic mass is 16.3. The van der Waals surface area contributed by atoms with Gasteiger partial charge in [0.15, 0.2) is 0 Å². The van der Waals surface area contributed by atoms with E-state index in [0.29, 0.717) is 13.1 Å². The number of likely N-dealkylation sites (tertiary alicyclic amines) is 1. The molecule has 1 aromatic carbocycles. The number of amides is 2. The zero-order valence-corrected chi connectivity index (χ0v) is 17.4. The van der Waals surface area contributed by atoms with E-state index in [0.717, 1.165) is 43.7 Å². The highest BCUT2D eigenvalue weighted by molar-refractivity contribution is 5.84. The zero-order chi connectivity index (χ0) is 20.6. The number of rotatable bonds is 9. The Morgan fingerprint density at radius 3 is 2.72 bits per heavy atom. The second-order valence-corrected chi connectivity index (χ2v) is 7.73. The number of nitrogens with zero attached hydrogens (tertiary/aromatic N) is 2. The Balaban J connectivity index is 1.57. The minimum atomic E-state index is -0.253. The number of hydrogen-bond donors (Lipinski definition) is 1. The molecule has 2 aromatic rings. The van der Waals surface area contributed by atoms with Crippen molar-refractivity contribution in [2.24, 2.45) is 0 Å². The van der Waals surface area contributed by atoms with Crippen molar-refractivity contribution in [3.63, 3.8) is 0 Å². The number of carbonyl (C=O) groups is 2. The van der Waals surface area contributed by atoms with E-state index >= 15 is 0 Å². The Labute approximate surface area is 172 Å². The summed E-state index contributed by atoms with van der Waals surface area (Å²) in [4.78, 5) is 29.6. The van der Waals surface area contributed by atoms with E-state index in [1.165, 1.54) is 5.56 Å². The van der Waals surface area contributed by atoms with Crippen LogP contribution >= 0.6 is 0 Å². The fraction of sp³-hybridized carbons (Fsp3) is 0.478. The van der Waals surface area contributed by atoms with Crippen LogP contribution < -0.4 is 5.32 Å². The molecule has 2 amide bonds. The smallest absolute Gasteiger partial charge is 0.237 e. The summed E-state index contributed by atoms with van der Waals surface area (Å²) < 4.78 is 5.27. The number of furan rings is 1. The molecule has 1 saturated heterocycles. The lowest BCUT2D eigenvalue weighted by atomic mass is 10.1. The van der Waals surface area contributed by atoms with Crippen molar-refractivity contribution in [2.45, 2.75) is 52.2 Å². The molecule has 0 radical (unpaired) electrons. The van der Waals surface area contributed by atoms with Gasteiger partial charge in [-0.2, -0.15) is 0 Å². The van der Waals surface area contributed by atoms with Crippen molar-refractivity contribution < 1.29 is 14.0 Å². The third-order valence-electron chi connectivity index (χ3n) is 5.36. The molecular weight excluding hydrogens is 366 g/mol. The van der Waals surface area contributed by atoms with E-state index in [9.17, 15) is 9.59 Å². The molecule has 1 aliphatic rings. The molecule has 156 valence electrons. The molecule has 0 aliphatic carbocycles. The van der Waals surface area contributed by atoms with Crippen molar-refractivity contribution in [1.82, 2.24) is 15.1 Å². The summed E-state index contributed by atoms with van der Waals surface area (Å²) >= 11 is 0. The van der Waals surface area contributed by atoms with Gasteiger partial charge in [0.1, 0.15) is 5.76 Å². The number of benzene rings is 1. The van der Waals surface area contributed by atoms with Crippen LogP contribution in [0.15, 0.2) is 47.1 Å². The molecule has 1 aliphatic heterocycles. The molecule has 1 N–H and O–H groups in total. The number of carbonyl (C=O) groups excluding carboxylic acids is 2. The molecule has 0 spiro atoms. The first-order chi connectivity index (χ1) is 14.1. The Morgan fingerprint density at radius 1 is 1.24 bits per heavy atom. The average Bonchev–Trinajstić information content (AvgIpc) is 3.39. The summed E-state index contributed by atoms with van der Waals surface area (Å²) in [6.07, 6.45) is 4.21. The molecule has 0 saturated carbocycles. The van der Waals surface area contributed by atoms with Crippen molar-refractivity contribution in [2.75, 3.05) is 19.6 Å². The van der Waals surface area contributed by atoms with Gasteiger partial charge < -0.3 is 14.6 Å². The molecule has 1 atom stereocenters. The van der Waals surface area contributed by atoms with Crippen LogP contribution in [0.4, 0.5) is 0 Å². The number of aryl methyl sites for hydroxylation is 1. The molecular formula is C23H31N3O3. The Bertz CT molecular complexity index is 786. The summed E-state index contributed by atoms with van der Waals surface area (Å²) in [6.45, 7) is 6.89. The lowest BCUT2D eigenvalue weighted by Gasteiger charge is -2.28. The minimum Gasteiger partial charge on any atom is -0.467 e. The minimum absolute atomic E-state index is 0.0349. The topological polar surface area (TPSA) is 65.8 Å². The summed E-state index contributed by atoms with van der Waals surface area (Å²) in [5.74, 6) is 0.775. The van der Waals surface area contributed by atoms with Gasteiger partial charge >= 0.3 is 0 Å². The highest BCUT2D eigenvalue weighted by Crippen LogP contribution is 2.18. The maximum atomic E-state index is 13.0. The summed E-state index contributed by atoms with van der Waals surface area (Å²) in [5.41, 5.74) is 2.34. The van der Waals surface area contributed by atoms with Gasteiger partial charge in [0.2, 0.25) is 11.8 Å². The SMILES string of the molecule is CCCN(Cc1ccc(C)cc1)C(=O)CN1CCCC1C(=O)NCc1ccco1.